The van der Waals surface area contributed by atoms with Crippen LogP contribution in [-0.2, 0) is 5.75 Å². The van der Waals surface area contributed by atoms with Crippen LogP contribution in [0.1, 0.15) is 44.3 Å². The molecule has 0 spiro atoms. The maximum atomic E-state index is 9.64. The maximum Gasteiger partial charge on any atom is 0.113 e. The van der Waals surface area contributed by atoms with Crippen molar-refractivity contribution in [1.82, 2.24) is 5.32 Å². The highest BCUT2D eigenvalue weighted by Crippen LogP contribution is 2.40. The molecule has 0 amide bonds. The quantitative estimate of drug-likeness (QED) is 0.778. The average molecular weight is 290 g/mol. The van der Waals surface area contributed by atoms with E-state index in [1.165, 1.54) is 25.7 Å². The molecule has 2 saturated carbocycles. The summed E-state index contributed by atoms with van der Waals surface area (Å²) in [6.45, 7) is 0. The minimum Gasteiger partial charge on any atom is -0.468 e. The summed E-state index contributed by atoms with van der Waals surface area (Å²) in [6.07, 6.45) is 8.81. The van der Waals surface area contributed by atoms with E-state index in [9.17, 15) is 5.26 Å². The van der Waals surface area contributed by atoms with Gasteiger partial charge in [0.15, 0.2) is 0 Å². The van der Waals surface area contributed by atoms with Crippen molar-refractivity contribution < 1.29 is 4.42 Å². The molecular weight excluding hydrogens is 268 g/mol. The van der Waals surface area contributed by atoms with Gasteiger partial charge in [0.25, 0.3) is 0 Å². The number of nitrogens with zero attached hydrogens (tertiary/aromatic N) is 1. The van der Waals surface area contributed by atoms with Crippen LogP contribution in [0.4, 0.5) is 0 Å². The first-order valence-electron chi connectivity index (χ1n) is 7.61. The molecule has 0 radical (unpaired) electrons. The van der Waals surface area contributed by atoms with Crippen molar-refractivity contribution in [2.24, 2.45) is 5.92 Å². The van der Waals surface area contributed by atoms with E-state index in [1.54, 1.807) is 6.26 Å². The summed E-state index contributed by atoms with van der Waals surface area (Å²) in [6, 6.07) is 7.19. The van der Waals surface area contributed by atoms with E-state index in [0.717, 1.165) is 30.1 Å². The second-order valence-corrected chi connectivity index (χ2v) is 7.12. The molecule has 0 bridgehead atoms. The third kappa shape index (κ3) is 3.21. The maximum absolute atomic E-state index is 9.64. The minimum atomic E-state index is -0.230. The highest BCUT2D eigenvalue weighted by atomic mass is 32.2. The van der Waals surface area contributed by atoms with E-state index in [-0.39, 0.29) is 5.54 Å². The predicted molar refractivity (Wildman–Crippen MR) is 81.3 cm³/mol. The molecule has 20 heavy (non-hydrogen) atoms. The zero-order chi connectivity index (χ0) is 13.8. The Labute approximate surface area is 125 Å². The monoisotopic (exact) mass is 290 g/mol. The molecule has 2 aliphatic carbocycles. The molecule has 2 fully saturated rings. The fourth-order valence-corrected chi connectivity index (χ4v) is 4.18. The van der Waals surface area contributed by atoms with Crippen LogP contribution >= 0.6 is 11.8 Å². The molecule has 0 aromatic carbocycles. The first-order valence-corrected chi connectivity index (χ1v) is 8.77. The molecule has 2 atom stereocenters. The molecule has 0 saturated heterocycles. The van der Waals surface area contributed by atoms with E-state index < -0.39 is 0 Å². The van der Waals surface area contributed by atoms with Crippen LogP contribution in [0.2, 0.25) is 0 Å². The Balaban J connectivity index is 1.46. The molecule has 1 aromatic heterocycles. The van der Waals surface area contributed by atoms with Gasteiger partial charge in [-0.05, 0) is 55.9 Å². The summed E-state index contributed by atoms with van der Waals surface area (Å²) in [5.74, 6) is 3.62. The van der Waals surface area contributed by atoms with Crippen molar-refractivity contribution in [2.75, 3.05) is 5.75 Å². The van der Waals surface area contributed by atoms with Crippen LogP contribution in [-0.4, -0.2) is 17.3 Å². The number of hydrogen-bond acceptors (Lipinski definition) is 4. The molecule has 3 rings (SSSR count). The standard InChI is InChI=1S/C16H22N2OS/c17-12-16(18-14-5-6-14)8-1-3-13(16)7-10-20-11-15-4-2-9-19-15/h2,4,9,13-14,18H,1,3,5-8,10-11H2. The van der Waals surface area contributed by atoms with Gasteiger partial charge >= 0.3 is 0 Å². The van der Waals surface area contributed by atoms with Crippen molar-refractivity contribution >= 4 is 11.8 Å². The summed E-state index contributed by atoms with van der Waals surface area (Å²) in [5.41, 5.74) is -0.230. The van der Waals surface area contributed by atoms with E-state index >= 15 is 0 Å². The molecule has 4 heteroatoms. The Morgan fingerprint density at radius 2 is 2.35 bits per heavy atom. The summed E-state index contributed by atoms with van der Waals surface area (Å²) in [4.78, 5) is 0. The second kappa shape index (κ2) is 6.24. The molecule has 2 aliphatic rings. The second-order valence-electron chi connectivity index (χ2n) is 6.01. The van der Waals surface area contributed by atoms with Gasteiger partial charge in [-0.1, -0.05) is 6.42 Å². The molecule has 1 aromatic rings. The number of thioether (sulfide) groups is 1. The first-order chi connectivity index (χ1) is 9.82. The lowest BCUT2D eigenvalue weighted by atomic mass is 9.86. The van der Waals surface area contributed by atoms with Gasteiger partial charge in [0.2, 0.25) is 0 Å². The lowest BCUT2D eigenvalue weighted by Crippen LogP contribution is -2.48. The third-order valence-corrected chi connectivity index (χ3v) is 5.51. The smallest absolute Gasteiger partial charge is 0.113 e. The van der Waals surface area contributed by atoms with Crippen molar-refractivity contribution in [2.45, 2.75) is 55.9 Å². The normalized spacial score (nSPS) is 29.4. The SMILES string of the molecule is N#CC1(NC2CC2)CCCC1CCSCc1ccco1. The van der Waals surface area contributed by atoms with Gasteiger partial charge in [-0.3, -0.25) is 5.32 Å². The van der Waals surface area contributed by atoms with Crippen LogP contribution in [0.15, 0.2) is 22.8 Å². The van der Waals surface area contributed by atoms with Crippen LogP contribution in [0.25, 0.3) is 0 Å². The summed E-state index contributed by atoms with van der Waals surface area (Å²) >= 11 is 1.91. The molecule has 2 unspecified atom stereocenters. The molecule has 0 aliphatic heterocycles. The number of hydrogen-bond donors (Lipinski definition) is 1. The zero-order valence-electron chi connectivity index (χ0n) is 11.8. The largest absolute Gasteiger partial charge is 0.468 e. The van der Waals surface area contributed by atoms with Gasteiger partial charge in [-0.25, -0.2) is 0 Å². The number of nitriles is 1. The van der Waals surface area contributed by atoms with Crippen LogP contribution < -0.4 is 5.32 Å². The van der Waals surface area contributed by atoms with Crippen molar-refractivity contribution in [3.63, 3.8) is 0 Å². The van der Waals surface area contributed by atoms with Gasteiger partial charge < -0.3 is 4.42 Å². The first kappa shape index (κ1) is 14.0. The van der Waals surface area contributed by atoms with E-state index in [2.05, 4.69) is 11.4 Å². The summed E-state index contributed by atoms with van der Waals surface area (Å²) in [7, 11) is 0. The lowest BCUT2D eigenvalue weighted by molar-refractivity contribution is 0.308. The Hall–Kier alpha value is -0.920. The Kier molecular flexibility index (Phi) is 4.38. The Morgan fingerprint density at radius 3 is 3.05 bits per heavy atom. The lowest BCUT2D eigenvalue weighted by Gasteiger charge is -2.30. The van der Waals surface area contributed by atoms with Crippen LogP contribution in [0, 0.1) is 17.2 Å². The van der Waals surface area contributed by atoms with E-state index in [1.807, 2.05) is 23.9 Å². The van der Waals surface area contributed by atoms with Gasteiger partial charge in [0.1, 0.15) is 11.3 Å². The highest BCUT2D eigenvalue weighted by molar-refractivity contribution is 7.98. The topological polar surface area (TPSA) is 49.0 Å². The third-order valence-electron chi connectivity index (χ3n) is 4.49. The van der Waals surface area contributed by atoms with Gasteiger partial charge in [0.05, 0.1) is 18.1 Å². The average Bonchev–Trinajstić information content (AvgIpc) is 2.97. The molecular formula is C16H22N2OS. The van der Waals surface area contributed by atoms with E-state index in [0.29, 0.717) is 12.0 Å². The number of nitrogens with one attached hydrogen (secondary N) is 1. The van der Waals surface area contributed by atoms with Crippen molar-refractivity contribution in [3.8, 4) is 6.07 Å². The van der Waals surface area contributed by atoms with Crippen LogP contribution in [0.3, 0.4) is 0 Å². The number of furan rings is 1. The predicted octanol–water partition coefficient (Wildman–Crippen LogP) is 3.72. The Bertz CT molecular complexity index is 463. The molecule has 108 valence electrons. The van der Waals surface area contributed by atoms with Crippen molar-refractivity contribution in [1.29, 1.82) is 5.26 Å². The zero-order valence-corrected chi connectivity index (χ0v) is 12.6. The molecule has 1 heterocycles. The molecule has 1 N–H and O–H groups in total. The molecule has 3 nitrogen and oxygen atoms in total. The Morgan fingerprint density at radius 1 is 1.45 bits per heavy atom. The minimum absolute atomic E-state index is 0.230. The highest BCUT2D eigenvalue weighted by Gasteiger charge is 2.45. The van der Waals surface area contributed by atoms with Gasteiger partial charge in [-0.2, -0.15) is 17.0 Å². The van der Waals surface area contributed by atoms with Gasteiger partial charge in [0, 0.05) is 6.04 Å². The fourth-order valence-electron chi connectivity index (χ4n) is 3.22. The summed E-state index contributed by atoms with van der Waals surface area (Å²) < 4.78 is 5.34. The van der Waals surface area contributed by atoms with Crippen molar-refractivity contribution in [3.05, 3.63) is 24.2 Å². The van der Waals surface area contributed by atoms with Gasteiger partial charge in [-0.15, -0.1) is 0 Å². The summed E-state index contributed by atoms with van der Waals surface area (Å²) in [5, 5.41) is 13.3. The van der Waals surface area contributed by atoms with Crippen LogP contribution in [0.5, 0.6) is 0 Å². The fraction of sp³-hybridized carbons (Fsp3) is 0.688. The van der Waals surface area contributed by atoms with E-state index in [4.69, 9.17) is 4.42 Å². The number of rotatable bonds is 7.